The van der Waals surface area contributed by atoms with Gasteiger partial charge in [0.2, 0.25) is 0 Å². The lowest BCUT2D eigenvalue weighted by molar-refractivity contribution is 0.112. The zero-order valence-corrected chi connectivity index (χ0v) is 10.7. The second kappa shape index (κ2) is 6.43. The second-order valence-corrected chi connectivity index (χ2v) is 4.94. The molecule has 0 atom stereocenters. The Morgan fingerprint density at radius 2 is 1.78 bits per heavy atom. The molecule has 0 saturated heterocycles. The molecule has 18 heavy (non-hydrogen) atoms. The van der Waals surface area contributed by atoms with Gasteiger partial charge in [0, 0.05) is 12.2 Å². The van der Waals surface area contributed by atoms with E-state index < -0.39 is 0 Å². The molecule has 1 aliphatic heterocycles. The first-order valence-corrected chi connectivity index (χ1v) is 6.87. The summed E-state index contributed by atoms with van der Waals surface area (Å²) in [6.45, 7) is 0.941. The predicted octanol–water partition coefficient (Wildman–Crippen LogP) is 3.51. The van der Waals surface area contributed by atoms with E-state index in [9.17, 15) is 9.90 Å². The highest BCUT2D eigenvalue weighted by atomic mass is 16.3. The molecular formula is C15H21NO2. The fourth-order valence-corrected chi connectivity index (χ4v) is 2.58. The molecule has 0 aromatic heterocycles. The van der Waals surface area contributed by atoms with Crippen molar-refractivity contribution < 1.29 is 9.90 Å². The van der Waals surface area contributed by atoms with Crippen LogP contribution in [0, 0.1) is 0 Å². The number of carbonyl (C=O) groups excluding carboxylic acids is 1. The Morgan fingerprint density at radius 3 is 2.56 bits per heavy atom. The first kappa shape index (κ1) is 12.9. The van der Waals surface area contributed by atoms with E-state index in [1.165, 1.54) is 25.7 Å². The zero-order valence-electron chi connectivity index (χ0n) is 10.7. The summed E-state index contributed by atoms with van der Waals surface area (Å²) >= 11 is 0. The second-order valence-electron chi connectivity index (χ2n) is 4.94. The van der Waals surface area contributed by atoms with E-state index >= 15 is 0 Å². The van der Waals surface area contributed by atoms with Gasteiger partial charge < -0.3 is 10.4 Å². The van der Waals surface area contributed by atoms with Crippen LogP contribution in [-0.4, -0.2) is 17.9 Å². The van der Waals surface area contributed by atoms with Crippen molar-refractivity contribution in [3.63, 3.8) is 0 Å². The van der Waals surface area contributed by atoms with E-state index in [1.807, 2.05) is 6.07 Å². The molecule has 0 saturated carbocycles. The van der Waals surface area contributed by atoms with Crippen molar-refractivity contribution in [2.75, 3.05) is 11.9 Å². The normalized spacial score (nSPS) is 17.1. The van der Waals surface area contributed by atoms with Gasteiger partial charge in [0.15, 0.2) is 6.29 Å². The van der Waals surface area contributed by atoms with Crippen LogP contribution in [0.2, 0.25) is 0 Å². The highest BCUT2D eigenvalue weighted by Gasteiger charge is 2.12. The number of aldehydes is 1. The number of hydrogen-bond acceptors (Lipinski definition) is 3. The molecular weight excluding hydrogens is 226 g/mol. The number of benzene rings is 1. The maximum atomic E-state index is 11.1. The summed E-state index contributed by atoms with van der Waals surface area (Å²) in [6.07, 6.45) is 8.92. The number of aromatic hydroxyl groups is 1. The average molecular weight is 247 g/mol. The predicted molar refractivity (Wildman–Crippen MR) is 73.4 cm³/mol. The van der Waals surface area contributed by atoms with Crippen LogP contribution in [0.3, 0.4) is 0 Å². The summed E-state index contributed by atoms with van der Waals surface area (Å²) in [6, 6.07) is 3.49. The lowest BCUT2D eigenvalue weighted by Gasteiger charge is -2.14. The zero-order chi connectivity index (χ0) is 12.8. The van der Waals surface area contributed by atoms with Crippen molar-refractivity contribution in [2.24, 2.45) is 0 Å². The van der Waals surface area contributed by atoms with Gasteiger partial charge in [-0.05, 0) is 37.0 Å². The Labute approximate surface area is 108 Å². The summed E-state index contributed by atoms with van der Waals surface area (Å²) < 4.78 is 0. The number of phenols is 1. The van der Waals surface area contributed by atoms with Crippen LogP contribution in [0.15, 0.2) is 12.1 Å². The molecule has 0 radical (unpaired) electrons. The number of rotatable bonds is 1. The highest BCUT2D eigenvalue weighted by molar-refractivity contribution is 5.84. The summed E-state index contributed by atoms with van der Waals surface area (Å²) in [4.78, 5) is 11.1. The largest absolute Gasteiger partial charge is 0.507 e. The standard InChI is InChI=1S/C15H21NO2/c17-11-13-12-7-5-3-1-2-4-6-10-16-14(12)8-9-15(13)18/h8-9,11,16,18H,1-7,10H2. The van der Waals surface area contributed by atoms with E-state index in [1.54, 1.807) is 6.07 Å². The van der Waals surface area contributed by atoms with Crippen molar-refractivity contribution in [3.05, 3.63) is 23.3 Å². The summed E-state index contributed by atoms with van der Waals surface area (Å²) in [5, 5.41) is 13.1. The first-order valence-electron chi connectivity index (χ1n) is 6.87. The van der Waals surface area contributed by atoms with Gasteiger partial charge in [0.25, 0.3) is 0 Å². The van der Waals surface area contributed by atoms with Crippen LogP contribution >= 0.6 is 0 Å². The Bertz CT molecular complexity index is 415. The van der Waals surface area contributed by atoms with Crippen molar-refractivity contribution in [2.45, 2.75) is 44.9 Å². The summed E-state index contributed by atoms with van der Waals surface area (Å²) in [7, 11) is 0. The minimum absolute atomic E-state index is 0.0976. The van der Waals surface area contributed by atoms with E-state index in [0.717, 1.165) is 43.3 Å². The fraction of sp³-hybridized carbons (Fsp3) is 0.533. The van der Waals surface area contributed by atoms with Gasteiger partial charge >= 0.3 is 0 Å². The minimum atomic E-state index is 0.0976. The van der Waals surface area contributed by atoms with E-state index in [2.05, 4.69) is 5.32 Å². The third kappa shape index (κ3) is 3.03. The van der Waals surface area contributed by atoms with Gasteiger partial charge in [-0.2, -0.15) is 0 Å². The molecule has 1 heterocycles. The number of anilines is 1. The third-order valence-corrected chi connectivity index (χ3v) is 3.62. The molecule has 0 unspecified atom stereocenters. The average Bonchev–Trinajstić information content (AvgIpc) is 2.43. The SMILES string of the molecule is O=Cc1c(O)ccc2c1CCCCCCCCN2. The van der Waals surface area contributed by atoms with E-state index in [-0.39, 0.29) is 5.75 Å². The highest BCUT2D eigenvalue weighted by Crippen LogP contribution is 2.29. The topological polar surface area (TPSA) is 49.3 Å². The fourth-order valence-electron chi connectivity index (χ4n) is 2.58. The summed E-state index contributed by atoms with van der Waals surface area (Å²) in [5.41, 5.74) is 2.45. The Hall–Kier alpha value is -1.51. The quantitative estimate of drug-likeness (QED) is 0.589. The minimum Gasteiger partial charge on any atom is -0.507 e. The van der Waals surface area contributed by atoms with E-state index in [4.69, 9.17) is 0 Å². The van der Waals surface area contributed by atoms with Crippen LogP contribution in [0.5, 0.6) is 5.75 Å². The van der Waals surface area contributed by atoms with Gasteiger partial charge in [-0.15, -0.1) is 0 Å². The van der Waals surface area contributed by atoms with Crippen molar-refractivity contribution in [1.82, 2.24) is 0 Å². The molecule has 98 valence electrons. The van der Waals surface area contributed by atoms with Gasteiger partial charge in [0.05, 0.1) is 5.56 Å². The molecule has 1 aliphatic rings. The number of phenolic OH excluding ortho intramolecular Hbond substituents is 1. The monoisotopic (exact) mass is 247 g/mol. The van der Waals surface area contributed by atoms with E-state index in [0.29, 0.717) is 5.56 Å². The molecule has 3 heteroatoms. The van der Waals surface area contributed by atoms with Crippen LogP contribution in [0.25, 0.3) is 0 Å². The molecule has 0 spiro atoms. The lowest BCUT2D eigenvalue weighted by Crippen LogP contribution is -2.06. The molecule has 2 N–H and O–H groups in total. The van der Waals surface area contributed by atoms with Crippen LogP contribution < -0.4 is 5.32 Å². The number of fused-ring (bicyclic) bond motifs is 1. The van der Waals surface area contributed by atoms with Crippen molar-refractivity contribution in [3.8, 4) is 5.75 Å². The van der Waals surface area contributed by atoms with Crippen LogP contribution in [0.1, 0.15) is 54.4 Å². The number of hydrogen-bond donors (Lipinski definition) is 2. The third-order valence-electron chi connectivity index (χ3n) is 3.62. The van der Waals surface area contributed by atoms with Crippen LogP contribution in [-0.2, 0) is 6.42 Å². The maximum absolute atomic E-state index is 11.1. The number of nitrogens with one attached hydrogen (secondary N) is 1. The molecule has 3 nitrogen and oxygen atoms in total. The maximum Gasteiger partial charge on any atom is 0.154 e. The van der Waals surface area contributed by atoms with Gasteiger partial charge in [-0.3, -0.25) is 4.79 Å². The molecule has 1 aromatic rings. The smallest absolute Gasteiger partial charge is 0.154 e. The Balaban J connectivity index is 2.28. The van der Waals surface area contributed by atoms with Crippen LogP contribution in [0.4, 0.5) is 5.69 Å². The number of carbonyl (C=O) groups is 1. The summed E-state index contributed by atoms with van der Waals surface area (Å²) in [5.74, 6) is 0.0976. The molecule has 0 fully saturated rings. The molecule has 0 amide bonds. The molecule has 0 bridgehead atoms. The molecule has 1 aromatic carbocycles. The molecule has 2 rings (SSSR count). The first-order chi connectivity index (χ1) is 8.83. The van der Waals surface area contributed by atoms with Crippen molar-refractivity contribution in [1.29, 1.82) is 0 Å². The Kier molecular flexibility index (Phi) is 4.62. The Morgan fingerprint density at radius 1 is 1.06 bits per heavy atom. The van der Waals surface area contributed by atoms with Crippen molar-refractivity contribution >= 4 is 12.0 Å². The lowest BCUT2D eigenvalue weighted by atomic mass is 9.98. The molecule has 0 aliphatic carbocycles. The van der Waals surface area contributed by atoms with Gasteiger partial charge in [0.1, 0.15) is 5.75 Å². The van der Waals surface area contributed by atoms with Gasteiger partial charge in [-0.25, -0.2) is 0 Å². The van der Waals surface area contributed by atoms with Gasteiger partial charge in [-0.1, -0.05) is 25.7 Å².